The van der Waals surface area contributed by atoms with E-state index in [0.717, 1.165) is 42.9 Å². The van der Waals surface area contributed by atoms with Crippen LogP contribution in [0.1, 0.15) is 82.1 Å². The number of hydrogen-bond acceptors (Lipinski definition) is 3. The molecule has 2 N–H and O–H groups in total. The number of aliphatic hydroxyl groups is 2. The molecule has 0 amide bonds. The molecule has 1 aromatic heterocycles. The zero-order chi connectivity index (χ0) is 23.3. The summed E-state index contributed by atoms with van der Waals surface area (Å²) in [6, 6.07) is 20.2. The quantitative estimate of drug-likeness (QED) is 0.293. The fourth-order valence-corrected chi connectivity index (χ4v) is 6.64. The molecule has 3 aromatic rings. The average Bonchev–Trinajstić information content (AvgIpc) is 3.34. The third-order valence-corrected chi connectivity index (χ3v) is 8.41. The third-order valence-electron chi connectivity index (χ3n) is 8.41. The molecule has 4 unspecified atom stereocenters. The first-order valence-electron chi connectivity index (χ1n) is 13.4. The fraction of sp³-hybridized carbons (Fsp3) is 0.516. The van der Waals surface area contributed by atoms with Gasteiger partial charge in [-0.15, -0.1) is 35.9 Å². The summed E-state index contributed by atoms with van der Waals surface area (Å²) in [5.41, 5.74) is 3.55. The molecule has 3 aliphatic rings. The molecule has 0 bridgehead atoms. The smallest absolute Gasteiger partial charge is 0.0595 e. The Morgan fingerprint density at radius 2 is 1.49 bits per heavy atom. The molecule has 0 saturated heterocycles. The van der Waals surface area contributed by atoms with Gasteiger partial charge in [0.2, 0.25) is 0 Å². The van der Waals surface area contributed by atoms with Gasteiger partial charge < -0.3 is 15.2 Å². The second-order valence-electron chi connectivity index (χ2n) is 10.6. The van der Waals surface area contributed by atoms with Crippen molar-refractivity contribution in [3.63, 3.8) is 0 Å². The van der Waals surface area contributed by atoms with Crippen LogP contribution in [0.5, 0.6) is 0 Å². The van der Waals surface area contributed by atoms with E-state index in [-0.39, 0.29) is 38.2 Å². The van der Waals surface area contributed by atoms with Gasteiger partial charge in [0.25, 0.3) is 0 Å². The van der Waals surface area contributed by atoms with Gasteiger partial charge in [0, 0.05) is 37.6 Å². The predicted molar refractivity (Wildman–Crippen MR) is 139 cm³/mol. The molecular formula is C31H38IrNO2-. The Morgan fingerprint density at radius 1 is 0.771 bits per heavy atom. The van der Waals surface area contributed by atoms with E-state index in [1.165, 1.54) is 61.3 Å². The van der Waals surface area contributed by atoms with Crippen molar-refractivity contribution in [2.45, 2.75) is 88.8 Å². The van der Waals surface area contributed by atoms with Crippen LogP contribution < -0.4 is 0 Å². The maximum atomic E-state index is 9.89. The van der Waals surface area contributed by atoms with Crippen molar-refractivity contribution < 1.29 is 30.3 Å². The number of benzene rings is 2. The van der Waals surface area contributed by atoms with Crippen LogP contribution in [0, 0.1) is 17.9 Å². The minimum atomic E-state index is -0.234. The van der Waals surface area contributed by atoms with Gasteiger partial charge in [-0.25, -0.2) is 0 Å². The Bertz CT molecular complexity index is 1070. The van der Waals surface area contributed by atoms with Crippen LogP contribution >= 0.6 is 0 Å². The third kappa shape index (κ3) is 6.23. The summed E-state index contributed by atoms with van der Waals surface area (Å²) in [5.74, 6) is 1.52. The normalized spacial score (nSPS) is 26.7. The van der Waals surface area contributed by atoms with Gasteiger partial charge in [-0.3, -0.25) is 0 Å². The number of pyridine rings is 1. The minimum Gasteiger partial charge on any atom is -0.393 e. The molecule has 0 spiro atoms. The zero-order valence-corrected chi connectivity index (χ0v) is 22.9. The predicted octanol–water partition coefficient (Wildman–Crippen LogP) is 7.06. The van der Waals surface area contributed by atoms with Crippen LogP contribution in [0.4, 0.5) is 0 Å². The molecule has 4 atom stereocenters. The van der Waals surface area contributed by atoms with E-state index in [2.05, 4.69) is 47.6 Å². The molecule has 189 valence electrons. The molecule has 3 nitrogen and oxygen atoms in total. The first kappa shape index (κ1) is 26.5. The molecule has 0 aliphatic heterocycles. The van der Waals surface area contributed by atoms with Crippen LogP contribution in [0.15, 0.2) is 54.7 Å². The second-order valence-corrected chi connectivity index (χ2v) is 10.6. The number of aromatic nitrogens is 1. The zero-order valence-electron chi connectivity index (χ0n) is 20.5. The molecule has 6 rings (SSSR count). The summed E-state index contributed by atoms with van der Waals surface area (Å²) in [5, 5.41) is 22.4. The largest absolute Gasteiger partial charge is 0.393 e. The van der Waals surface area contributed by atoms with Crippen LogP contribution in [0.3, 0.4) is 0 Å². The SMILES string of the molecule is OC1CCCCC2CCCC(O)C12.[Ir].[c-]1ccccc1-c1cc2cccc(C3CCCC3)c2cn1. The van der Waals surface area contributed by atoms with Crippen LogP contribution in [-0.2, 0) is 20.1 Å². The standard InChI is InChI=1S/C20H18N.C11H20O2.Ir/c1-2-9-16(10-3-1)20-13-17-11-6-12-18(19(17)14-21-20)15-7-4-5-8-15;12-9-6-2-1-4-8-5-3-7-10(13)11(8)9;/h1-3,6,9,11-15H,4-5,7-8H2;8-13H,1-7H2;/q-1;;. The molecule has 3 aliphatic carbocycles. The van der Waals surface area contributed by atoms with Crippen LogP contribution in [0.2, 0.25) is 0 Å². The van der Waals surface area contributed by atoms with Gasteiger partial charge in [-0.05, 0) is 67.0 Å². The van der Waals surface area contributed by atoms with Crippen molar-refractivity contribution in [3.8, 4) is 11.3 Å². The summed E-state index contributed by atoms with van der Waals surface area (Å²) in [7, 11) is 0. The average molecular weight is 649 g/mol. The van der Waals surface area contributed by atoms with Crippen molar-refractivity contribution in [1.82, 2.24) is 4.98 Å². The van der Waals surface area contributed by atoms with Gasteiger partial charge in [0.1, 0.15) is 0 Å². The van der Waals surface area contributed by atoms with E-state index in [9.17, 15) is 10.2 Å². The van der Waals surface area contributed by atoms with Gasteiger partial charge in [-0.2, -0.15) is 0 Å². The van der Waals surface area contributed by atoms with Gasteiger partial charge in [0.05, 0.1) is 12.2 Å². The molecule has 1 heterocycles. The summed E-state index contributed by atoms with van der Waals surface area (Å²) in [6.07, 6.45) is 14.8. The van der Waals surface area contributed by atoms with Gasteiger partial charge >= 0.3 is 0 Å². The summed E-state index contributed by atoms with van der Waals surface area (Å²) in [4.78, 5) is 4.68. The fourth-order valence-electron chi connectivity index (χ4n) is 6.64. The first-order chi connectivity index (χ1) is 16.7. The van der Waals surface area contributed by atoms with E-state index in [1.807, 2.05) is 18.2 Å². The number of fused-ring (bicyclic) bond motifs is 2. The van der Waals surface area contributed by atoms with Crippen LogP contribution in [0.25, 0.3) is 22.0 Å². The Balaban J connectivity index is 0.000000179. The summed E-state index contributed by atoms with van der Waals surface area (Å²) < 4.78 is 0. The topological polar surface area (TPSA) is 53.4 Å². The molecule has 3 saturated carbocycles. The molecular weight excluding hydrogens is 611 g/mol. The molecule has 35 heavy (non-hydrogen) atoms. The van der Waals surface area contributed by atoms with Gasteiger partial charge in [0.15, 0.2) is 0 Å². The number of aliphatic hydroxyl groups excluding tert-OH is 2. The molecule has 2 aromatic carbocycles. The van der Waals surface area contributed by atoms with E-state index in [1.54, 1.807) is 0 Å². The number of rotatable bonds is 2. The monoisotopic (exact) mass is 649 g/mol. The molecule has 4 heteroatoms. The van der Waals surface area contributed by atoms with E-state index in [4.69, 9.17) is 0 Å². The molecule has 3 fully saturated rings. The van der Waals surface area contributed by atoms with Crippen molar-refractivity contribution >= 4 is 10.8 Å². The molecule has 1 radical (unpaired) electrons. The van der Waals surface area contributed by atoms with Crippen molar-refractivity contribution in [2.75, 3.05) is 0 Å². The first-order valence-corrected chi connectivity index (χ1v) is 13.4. The Morgan fingerprint density at radius 3 is 2.26 bits per heavy atom. The van der Waals surface area contributed by atoms with Crippen molar-refractivity contribution in [1.29, 1.82) is 0 Å². The van der Waals surface area contributed by atoms with Crippen molar-refractivity contribution in [3.05, 3.63) is 66.4 Å². The number of hydrogen-bond donors (Lipinski definition) is 2. The Kier molecular flexibility index (Phi) is 9.53. The maximum absolute atomic E-state index is 9.89. The minimum absolute atomic E-state index is 0. The Labute approximate surface area is 223 Å². The maximum Gasteiger partial charge on any atom is 0.0595 e. The van der Waals surface area contributed by atoms with E-state index in [0.29, 0.717) is 5.92 Å². The number of nitrogens with zero attached hydrogens (tertiary/aromatic N) is 1. The summed E-state index contributed by atoms with van der Waals surface area (Å²) in [6.45, 7) is 0. The van der Waals surface area contributed by atoms with E-state index < -0.39 is 0 Å². The second kappa shape index (κ2) is 12.6. The van der Waals surface area contributed by atoms with E-state index >= 15 is 0 Å². The Hall–Kier alpha value is -1.58. The van der Waals surface area contributed by atoms with Crippen molar-refractivity contribution in [2.24, 2.45) is 11.8 Å². The summed E-state index contributed by atoms with van der Waals surface area (Å²) >= 11 is 0. The van der Waals surface area contributed by atoms with Crippen LogP contribution in [-0.4, -0.2) is 27.4 Å². The van der Waals surface area contributed by atoms with Gasteiger partial charge in [-0.1, -0.05) is 56.4 Å².